The molecular weight excluding hydrogens is 278 g/mol. The molecule has 22 heavy (non-hydrogen) atoms. The normalized spacial score (nSPS) is 10.9. The summed E-state index contributed by atoms with van der Waals surface area (Å²) >= 11 is 0. The maximum atomic E-state index is 12.2. The summed E-state index contributed by atoms with van der Waals surface area (Å²) in [5, 5.41) is 7.05. The van der Waals surface area contributed by atoms with E-state index in [0.29, 0.717) is 12.3 Å². The van der Waals surface area contributed by atoms with E-state index in [2.05, 4.69) is 20.4 Å². The fourth-order valence-corrected chi connectivity index (χ4v) is 2.35. The Balaban J connectivity index is 1.79. The van der Waals surface area contributed by atoms with Crippen LogP contribution in [0, 0.1) is 20.8 Å². The van der Waals surface area contributed by atoms with Gasteiger partial charge in [0.15, 0.2) is 0 Å². The van der Waals surface area contributed by atoms with Crippen LogP contribution in [0.2, 0.25) is 0 Å². The molecule has 3 aromatic rings. The number of hydrogen-bond donors (Lipinski definition) is 1. The molecular formula is C16H17N5O. The van der Waals surface area contributed by atoms with Crippen molar-refractivity contribution in [1.82, 2.24) is 24.9 Å². The van der Waals surface area contributed by atoms with Crippen LogP contribution in [0.25, 0.3) is 5.78 Å². The van der Waals surface area contributed by atoms with Crippen LogP contribution in [-0.2, 0) is 6.54 Å². The first-order chi connectivity index (χ1) is 10.5. The molecule has 2 heterocycles. The standard InChI is InChI=1S/C16H17N5O/c1-10-5-4-6-13(7-10)9-17-15(22)14-19-16-18-11(2)8-12(3)21(16)20-14/h4-8H,9H2,1-3H3,(H,17,22). The molecule has 0 bridgehead atoms. The second kappa shape index (κ2) is 5.55. The molecule has 6 nitrogen and oxygen atoms in total. The number of nitrogens with zero attached hydrogens (tertiary/aromatic N) is 4. The number of rotatable bonds is 3. The number of amides is 1. The van der Waals surface area contributed by atoms with Crippen molar-refractivity contribution in [2.75, 3.05) is 0 Å². The molecule has 0 fully saturated rings. The van der Waals surface area contributed by atoms with Crippen molar-refractivity contribution in [2.24, 2.45) is 0 Å². The molecule has 2 aromatic heterocycles. The molecule has 0 aliphatic heterocycles. The van der Waals surface area contributed by atoms with Crippen molar-refractivity contribution < 1.29 is 4.79 Å². The largest absolute Gasteiger partial charge is 0.345 e. The van der Waals surface area contributed by atoms with Gasteiger partial charge in [0.25, 0.3) is 11.7 Å². The minimum absolute atomic E-state index is 0.133. The highest BCUT2D eigenvalue weighted by Crippen LogP contribution is 2.06. The molecule has 1 N–H and O–H groups in total. The maximum Gasteiger partial charge on any atom is 0.291 e. The maximum absolute atomic E-state index is 12.2. The van der Waals surface area contributed by atoms with Gasteiger partial charge in [0.05, 0.1) is 0 Å². The van der Waals surface area contributed by atoms with Crippen LogP contribution in [0.15, 0.2) is 30.3 Å². The van der Waals surface area contributed by atoms with Crippen molar-refractivity contribution in [1.29, 1.82) is 0 Å². The van der Waals surface area contributed by atoms with Crippen molar-refractivity contribution in [2.45, 2.75) is 27.3 Å². The van der Waals surface area contributed by atoms with Gasteiger partial charge in [-0.1, -0.05) is 29.8 Å². The zero-order valence-corrected chi connectivity index (χ0v) is 12.8. The molecule has 0 aliphatic rings. The number of hydrogen-bond acceptors (Lipinski definition) is 4. The lowest BCUT2D eigenvalue weighted by Crippen LogP contribution is -2.24. The van der Waals surface area contributed by atoms with E-state index in [1.54, 1.807) is 4.52 Å². The average molecular weight is 295 g/mol. The average Bonchev–Trinajstić information content (AvgIpc) is 2.89. The van der Waals surface area contributed by atoms with Crippen LogP contribution in [0.3, 0.4) is 0 Å². The first-order valence-corrected chi connectivity index (χ1v) is 7.08. The fraction of sp³-hybridized carbons (Fsp3) is 0.250. The molecule has 0 radical (unpaired) electrons. The summed E-state index contributed by atoms with van der Waals surface area (Å²) in [4.78, 5) is 20.7. The number of aromatic nitrogens is 4. The lowest BCUT2D eigenvalue weighted by molar-refractivity contribution is 0.0940. The van der Waals surface area contributed by atoms with Gasteiger partial charge in [-0.3, -0.25) is 4.79 Å². The Labute approximate surface area is 128 Å². The Morgan fingerprint density at radius 2 is 2.00 bits per heavy atom. The van der Waals surface area contributed by atoms with Crippen LogP contribution in [0.5, 0.6) is 0 Å². The van der Waals surface area contributed by atoms with Gasteiger partial charge >= 0.3 is 0 Å². The van der Waals surface area contributed by atoms with Gasteiger partial charge in [0.2, 0.25) is 5.82 Å². The molecule has 0 saturated heterocycles. The summed E-state index contributed by atoms with van der Waals surface area (Å²) in [6.45, 7) is 6.26. The zero-order chi connectivity index (χ0) is 15.7. The molecule has 6 heteroatoms. The van der Waals surface area contributed by atoms with Crippen molar-refractivity contribution >= 4 is 11.7 Å². The van der Waals surface area contributed by atoms with Crippen LogP contribution in [0.4, 0.5) is 0 Å². The third kappa shape index (κ3) is 2.81. The van der Waals surface area contributed by atoms with Crippen molar-refractivity contribution in [3.8, 4) is 0 Å². The highest BCUT2D eigenvalue weighted by molar-refractivity contribution is 5.90. The molecule has 112 valence electrons. The monoisotopic (exact) mass is 295 g/mol. The molecule has 1 amide bonds. The summed E-state index contributed by atoms with van der Waals surface area (Å²) in [5.41, 5.74) is 3.95. The summed E-state index contributed by atoms with van der Waals surface area (Å²) in [6.07, 6.45) is 0. The third-order valence-electron chi connectivity index (χ3n) is 3.36. The van der Waals surface area contributed by atoms with E-state index in [0.717, 1.165) is 22.5 Å². The van der Waals surface area contributed by atoms with Gasteiger partial charge in [-0.2, -0.15) is 4.98 Å². The van der Waals surface area contributed by atoms with Gasteiger partial charge in [0.1, 0.15) is 0 Å². The second-order valence-corrected chi connectivity index (χ2v) is 5.36. The Hall–Kier alpha value is -2.76. The van der Waals surface area contributed by atoms with E-state index in [4.69, 9.17) is 0 Å². The fourth-order valence-electron chi connectivity index (χ4n) is 2.35. The lowest BCUT2D eigenvalue weighted by Gasteiger charge is -2.03. The number of carbonyl (C=O) groups is 1. The number of carbonyl (C=O) groups excluding carboxylic acids is 1. The lowest BCUT2D eigenvalue weighted by atomic mass is 10.1. The van der Waals surface area contributed by atoms with Gasteiger partial charge in [-0.25, -0.2) is 9.50 Å². The SMILES string of the molecule is Cc1cccc(CNC(=O)c2nc3nc(C)cc(C)n3n2)c1. The van der Waals surface area contributed by atoms with Crippen molar-refractivity contribution in [3.05, 3.63) is 58.7 Å². The predicted molar refractivity (Wildman–Crippen MR) is 82.6 cm³/mol. The zero-order valence-electron chi connectivity index (χ0n) is 12.8. The van der Waals surface area contributed by atoms with Crippen molar-refractivity contribution in [3.63, 3.8) is 0 Å². The Bertz CT molecular complexity index is 853. The molecule has 1 aromatic carbocycles. The van der Waals surface area contributed by atoms with Crippen LogP contribution in [0.1, 0.15) is 33.1 Å². The van der Waals surface area contributed by atoms with Crippen LogP contribution < -0.4 is 5.32 Å². The Kier molecular flexibility index (Phi) is 3.58. The van der Waals surface area contributed by atoms with Crippen LogP contribution >= 0.6 is 0 Å². The van der Waals surface area contributed by atoms with E-state index in [1.165, 1.54) is 0 Å². The number of fused-ring (bicyclic) bond motifs is 1. The molecule has 0 unspecified atom stereocenters. The van der Waals surface area contributed by atoms with Gasteiger partial charge in [0, 0.05) is 17.9 Å². The molecule has 0 atom stereocenters. The first kappa shape index (κ1) is 14.2. The summed E-state index contributed by atoms with van der Waals surface area (Å²) in [6, 6.07) is 9.89. The minimum atomic E-state index is -0.302. The molecule has 0 spiro atoms. The second-order valence-electron chi connectivity index (χ2n) is 5.36. The first-order valence-electron chi connectivity index (χ1n) is 7.08. The Morgan fingerprint density at radius 1 is 1.18 bits per heavy atom. The molecule has 0 saturated carbocycles. The quantitative estimate of drug-likeness (QED) is 0.802. The smallest absolute Gasteiger partial charge is 0.291 e. The van der Waals surface area contributed by atoms with Gasteiger partial charge in [-0.05, 0) is 32.4 Å². The minimum Gasteiger partial charge on any atom is -0.345 e. The predicted octanol–water partition coefficient (Wildman–Crippen LogP) is 1.98. The third-order valence-corrected chi connectivity index (χ3v) is 3.36. The summed E-state index contributed by atoms with van der Waals surface area (Å²) < 4.78 is 1.58. The van der Waals surface area contributed by atoms with E-state index < -0.39 is 0 Å². The highest BCUT2D eigenvalue weighted by Gasteiger charge is 2.14. The summed E-state index contributed by atoms with van der Waals surface area (Å²) in [7, 11) is 0. The number of benzene rings is 1. The van der Waals surface area contributed by atoms with E-state index in [1.807, 2.05) is 51.1 Å². The summed E-state index contributed by atoms with van der Waals surface area (Å²) in [5.74, 6) is 0.274. The molecule has 0 aliphatic carbocycles. The van der Waals surface area contributed by atoms with Gasteiger partial charge in [-0.15, -0.1) is 5.10 Å². The molecule has 3 rings (SSSR count). The number of aryl methyl sites for hydroxylation is 3. The van der Waals surface area contributed by atoms with Gasteiger partial charge < -0.3 is 5.32 Å². The number of nitrogens with one attached hydrogen (secondary N) is 1. The van der Waals surface area contributed by atoms with E-state index in [9.17, 15) is 4.79 Å². The topological polar surface area (TPSA) is 72.2 Å². The van der Waals surface area contributed by atoms with Crippen LogP contribution in [-0.4, -0.2) is 25.5 Å². The Morgan fingerprint density at radius 3 is 2.77 bits per heavy atom. The van der Waals surface area contributed by atoms with E-state index >= 15 is 0 Å². The highest BCUT2D eigenvalue weighted by atomic mass is 16.2. The van der Waals surface area contributed by atoms with E-state index in [-0.39, 0.29) is 11.7 Å².